The van der Waals surface area contributed by atoms with Crippen LogP contribution in [0.5, 0.6) is 11.5 Å². The van der Waals surface area contributed by atoms with E-state index in [0.29, 0.717) is 0 Å². The van der Waals surface area contributed by atoms with Gasteiger partial charge in [0.15, 0.2) is 0 Å². The molecule has 0 amide bonds. The van der Waals surface area contributed by atoms with Crippen molar-refractivity contribution in [2.45, 2.75) is 0 Å². The third-order valence-corrected chi connectivity index (χ3v) is 4.99. The van der Waals surface area contributed by atoms with Crippen LogP contribution >= 0.6 is 0 Å². The lowest BCUT2D eigenvalue weighted by Gasteiger charge is -2.03. The number of benzene rings is 4. The Kier molecular flexibility index (Phi) is 2.92. The zero-order valence-corrected chi connectivity index (χ0v) is 14.1. The van der Waals surface area contributed by atoms with Crippen molar-refractivity contribution in [3.63, 3.8) is 0 Å². The highest BCUT2D eigenvalue weighted by Crippen LogP contribution is 2.36. The van der Waals surface area contributed by atoms with Crippen LogP contribution in [-0.4, -0.2) is 19.2 Å². The second-order valence-electron chi connectivity index (χ2n) is 6.28. The van der Waals surface area contributed by atoms with Crippen LogP contribution < -0.4 is 9.47 Å². The molecule has 0 saturated heterocycles. The molecule has 0 radical (unpaired) electrons. The van der Waals surface area contributed by atoms with E-state index in [2.05, 4.69) is 53.5 Å². The standard InChI is InChI=1S/C22H17NO2/c1-24-15-5-9-17-13(11-15)3-7-19-20-8-4-14-12-16(25-2)6-10-18(14)22(20)23-21(17)19/h3-12,23H,1-2H3. The molecule has 0 aliphatic heterocycles. The van der Waals surface area contributed by atoms with Crippen molar-refractivity contribution in [1.29, 1.82) is 0 Å². The summed E-state index contributed by atoms with van der Waals surface area (Å²) in [6, 6.07) is 21.1. The van der Waals surface area contributed by atoms with Crippen molar-refractivity contribution < 1.29 is 9.47 Å². The van der Waals surface area contributed by atoms with Crippen LogP contribution in [0.25, 0.3) is 43.4 Å². The number of aromatic nitrogens is 1. The maximum absolute atomic E-state index is 5.35. The van der Waals surface area contributed by atoms with Gasteiger partial charge in [0.25, 0.3) is 0 Å². The molecule has 0 aliphatic carbocycles. The van der Waals surface area contributed by atoms with Gasteiger partial charge in [-0.2, -0.15) is 0 Å². The minimum absolute atomic E-state index is 0.875. The van der Waals surface area contributed by atoms with E-state index in [1.165, 1.54) is 43.4 Å². The highest BCUT2D eigenvalue weighted by atomic mass is 16.5. The Hall–Kier alpha value is -3.20. The molecule has 0 saturated carbocycles. The van der Waals surface area contributed by atoms with Gasteiger partial charge in [-0.05, 0) is 47.2 Å². The highest BCUT2D eigenvalue weighted by Gasteiger charge is 2.11. The van der Waals surface area contributed by atoms with Gasteiger partial charge in [0.2, 0.25) is 0 Å². The van der Waals surface area contributed by atoms with Crippen LogP contribution in [0.2, 0.25) is 0 Å². The SMILES string of the molecule is COc1ccc2c(ccc3c4ccc5cc(OC)ccc5c4[nH]c23)c1. The summed E-state index contributed by atoms with van der Waals surface area (Å²) in [6.07, 6.45) is 0. The van der Waals surface area contributed by atoms with E-state index < -0.39 is 0 Å². The summed E-state index contributed by atoms with van der Waals surface area (Å²) < 4.78 is 10.7. The van der Waals surface area contributed by atoms with Gasteiger partial charge in [-0.25, -0.2) is 0 Å². The molecule has 0 unspecified atom stereocenters. The van der Waals surface area contributed by atoms with E-state index in [4.69, 9.17) is 9.47 Å². The van der Waals surface area contributed by atoms with Crippen molar-refractivity contribution in [2.75, 3.05) is 14.2 Å². The smallest absolute Gasteiger partial charge is 0.119 e. The average molecular weight is 327 g/mol. The lowest BCUT2D eigenvalue weighted by molar-refractivity contribution is 0.415. The van der Waals surface area contributed by atoms with Crippen LogP contribution in [0.4, 0.5) is 0 Å². The van der Waals surface area contributed by atoms with Gasteiger partial charge in [-0.15, -0.1) is 0 Å². The zero-order chi connectivity index (χ0) is 17.0. The van der Waals surface area contributed by atoms with Gasteiger partial charge >= 0.3 is 0 Å². The lowest BCUT2D eigenvalue weighted by Crippen LogP contribution is -1.83. The first kappa shape index (κ1) is 14.2. The Bertz CT molecular complexity index is 1170. The maximum Gasteiger partial charge on any atom is 0.119 e. The van der Waals surface area contributed by atoms with E-state index in [1.807, 2.05) is 12.1 Å². The predicted molar refractivity (Wildman–Crippen MR) is 104 cm³/mol. The van der Waals surface area contributed by atoms with E-state index in [9.17, 15) is 0 Å². The normalized spacial score (nSPS) is 11.6. The molecule has 1 N–H and O–H groups in total. The van der Waals surface area contributed by atoms with Crippen molar-refractivity contribution in [3.05, 3.63) is 60.7 Å². The summed E-state index contributed by atoms with van der Waals surface area (Å²) in [5.74, 6) is 1.75. The molecule has 1 heterocycles. The van der Waals surface area contributed by atoms with Crippen molar-refractivity contribution >= 4 is 43.4 Å². The average Bonchev–Trinajstić information content (AvgIpc) is 3.06. The third kappa shape index (κ3) is 1.99. The van der Waals surface area contributed by atoms with Crippen LogP contribution in [-0.2, 0) is 0 Å². The van der Waals surface area contributed by atoms with Crippen LogP contribution in [0, 0.1) is 0 Å². The molecule has 0 bridgehead atoms. The van der Waals surface area contributed by atoms with E-state index in [-0.39, 0.29) is 0 Å². The molecule has 0 fully saturated rings. The number of ether oxygens (including phenoxy) is 2. The fourth-order valence-electron chi connectivity index (χ4n) is 3.71. The Morgan fingerprint density at radius 3 is 1.44 bits per heavy atom. The predicted octanol–water partition coefficient (Wildman–Crippen LogP) is 5.64. The lowest BCUT2D eigenvalue weighted by atomic mass is 10.0. The first-order valence-electron chi connectivity index (χ1n) is 8.27. The molecule has 0 aliphatic rings. The molecule has 3 nitrogen and oxygen atoms in total. The first-order chi connectivity index (χ1) is 12.3. The topological polar surface area (TPSA) is 34.2 Å². The summed E-state index contributed by atoms with van der Waals surface area (Å²) in [6.45, 7) is 0. The summed E-state index contributed by atoms with van der Waals surface area (Å²) >= 11 is 0. The number of hydrogen-bond acceptors (Lipinski definition) is 2. The monoisotopic (exact) mass is 327 g/mol. The molecular formula is C22H17NO2. The Morgan fingerprint density at radius 1 is 0.560 bits per heavy atom. The second kappa shape index (κ2) is 5.15. The molecule has 25 heavy (non-hydrogen) atoms. The Balaban J connectivity index is 1.90. The minimum atomic E-state index is 0.875. The molecule has 0 atom stereocenters. The fourth-order valence-corrected chi connectivity index (χ4v) is 3.71. The number of methoxy groups -OCH3 is 2. The van der Waals surface area contributed by atoms with Crippen LogP contribution in [0.15, 0.2) is 60.7 Å². The van der Waals surface area contributed by atoms with Gasteiger partial charge in [-0.1, -0.05) is 24.3 Å². The zero-order valence-electron chi connectivity index (χ0n) is 14.1. The van der Waals surface area contributed by atoms with Crippen molar-refractivity contribution in [3.8, 4) is 11.5 Å². The first-order valence-corrected chi connectivity index (χ1v) is 8.27. The number of H-pyrrole nitrogens is 1. The van der Waals surface area contributed by atoms with Gasteiger partial charge in [0, 0.05) is 21.5 Å². The summed E-state index contributed by atoms with van der Waals surface area (Å²) in [5.41, 5.74) is 2.33. The summed E-state index contributed by atoms with van der Waals surface area (Å²) in [7, 11) is 3.39. The molecule has 5 aromatic rings. The second-order valence-corrected chi connectivity index (χ2v) is 6.28. The molecule has 122 valence electrons. The number of nitrogens with one attached hydrogen (secondary N) is 1. The van der Waals surface area contributed by atoms with Crippen LogP contribution in [0.1, 0.15) is 0 Å². The molecular weight excluding hydrogens is 310 g/mol. The number of aromatic amines is 1. The quantitative estimate of drug-likeness (QED) is 0.455. The highest BCUT2D eigenvalue weighted by molar-refractivity contribution is 6.22. The molecule has 1 aromatic heterocycles. The largest absolute Gasteiger partial charge is 0.497 e. The minimum Gasteiger partial charge on any atom is -0.497 e. The van der Waals surface area contributed by atoms with Crippen molar-refractivity contribution in [2.24, 2.45) is 0 Å². The fraction of sp³-hybridized carbons (Fsp3) is 0.0909. The molecule has 3 heteroatoms. The van der Waals surface area contributed by atoms with Crippen LogP contribution in [0.3, 0.4) is 0 Å². The number of hydrogen-bond donors (Lipinski definition) is 1. The van der Waals surface area contributed by atoms with E-state index >= 15 is 0 Å². The molecule has 5 rings (SSSR count). The maximum atomic E-state index is 5.35. The Labute approximate surface area is 144 Å². The molecule has 0 spiro atoms. The van der Waals surface area contributed by atoms with E-state index in [1.54, 1.807) is 14.2 Å². The van der Waals surface area contributed by atoms with Gasteiger partial charge < -0.3 is 14.5 Å². The summed E-state index contributed by atoms with van der Waals surface area (Å²) in [4.78, 5) is 3.66. The van der Waals surface area contributed by atoms with Gasteiger partial charge in [0.1, 0.15) is 11.5 Å². The molecule has 4 aromatic carbocycles. The van der Waals surface area contributed by atoms with Crippen molar-refractivity contribution in [1.82, 2.24) is 4.98 Å². The third-order valence-electron chi connectivity index (χ3n) is 4.99. The number of rotatable bonds is 2. The van der Waals surface area contributed by atoms with Gasteiger partial charge in [-0.3, -0.25) is 0 Å². The van der Waals surface area contributed by atoms with Gasteiger partial charge in [0.05, 0.1) is 25.3 Å². The number of fused-ring (bicyclic) bond motifs is 7. The Morgan fingerprint density at radius 2 is 1.00 bits per heavy atom. The van der Waals surface area contributed by atoms with E-state index in [0.717, 1.165) is 11.5 Å². The summed E-state index contributed by atoms with van der Waals surface area (Å²) in [5, 5.41) is 7.23.